The van der Waals surface area contributed by atoms with E-state index in [1.54, 1.807) is 6.20 Å². The van der Waals surface area contributed by atoms with E-state index in [1.807, 2.05) is 10.6 Å². The second-order valence-corrected chi connectivity index (χ2v) is 4.24. The molecule has 76 valence electrons. The first-order chi connectivity index (χ1) is 6.61. The van der Waals surface area contributed by atoms with Crippen molar-refractivity contribution in [3.8, 4) is 0 Å². The van der Waals surface area contributed by atoms with Crippen molar-refractivity contribution in [2.24, 2.45) is 0 Å². The molecule has 0 amide bonds. The molecule has 0 aliphatic heterocycles. The smallest absolute Gasteiger partial charge is 0.306 e. The average molecular weight is 192 g/mol. The number of aromatic nitrogens is 2. The number of hydrogen-bond acceptors (Lipinski definition) is 2. The van der Waals surface area contributed by atoms with Crippen molar-refractivity contribution in [3.05, 3.63) is 23.8 Å². The molecule has 0 bridgehead atoms. The van der Waals surface area contributed by atoms with Crippen LogP contribution >= 0.6 is 0 Å². The molecule has 0 fully saturated rings. The third kappa shape index (κ3) is 1.24. The van der Waals surface area contributed by atoms with Gasteiger partial charge in [-0.2, -0.15) is 0 Å². The monoisotopic (exact) mass is 192 g/mol. The molecule has 3 heteroatoms. The highest BCUT2D eigenvalue weighted by molar-refractivity contribution is 5.33. The Kier molecular flexibility index (Phi) is 2.10. The van der Waals surface area contributed by atoms with Crippen molar-refractivity contribution in [1.82, 2.24) is 9.38 Å². The van der Waals surface area contributed by atoms with Crippen molar-refractivity contribution < 1.29 is 4.42 Å². The molecule has 2 rings (SSSR count). The van der Waals surface area contributed by atoms with Crippen LogP contribution in [0, 0.1) is 0 Å². The van der Waals surface area contributed by atoms with Gasteiger partial charge in [0.2, 0.25) is 0 Å². The van der Waals surface area contributed by atoms with E-state index >= 15 is 0 Å². The second-order valence-electron chi connectivity index (χ2n) is 4.24. The van der Waals surface area contributed by atoms with Crippen LogP contribution in [0.15, 0.2) is 16.8 Å². The van der Waals surface area contributed by atoms with Gasteiger partial charge in [0.05, 0.1) is 5.69 Å². The molecule has 0 unspecified atom stereocenters. The zero-order valence-corrected chi connectivity index (χ0v) is 9.11. The lowest BCUT2D eigenvalue weighted by Gasteiger charge is -2.07. The Hall–Kier alpha value is -1.25. The average Bonchev–Trinajstić information content (AvgIpc) is 2.58. The topological polar surface area (TPSA) is 30.4 Å². The summed E-state index contributed by atoms with van der Waals surface area (Å²) >= 11 is 0. The number of nitrogens with zero attached hydrogens (tertiary/aromatic N) is 2. The van der Waals surface area contributed by atoms with Gasteiger partial charge in [0, 0.05) is 18.3 Å². The summed E-state index contributed by atoms with van der Waals surface area (Å²) in [6.45, 7) is 8.64. The fourth-order valence-electron chi connectivity index (χ4n) is 1.79. The molecule has 0 aliphatic carbocycles. The molecular weight excluding hydrogens is 176 g/mol. The SMILES string of the molecule is CC(C)c1oc2nccn2c1C(C)C. The maximum Gasteiger partial charge on any atom is 0.306 e. The van der Waals surface area contributed by atoms with Crippen LogP contribution in [0.4, 0.5) is 0 Å². The van der Waals surface area contributed by atoms with E-state index in [4.69, 9.17) is 4.42 Å². The lowest BCUT2D eigenvalue weighted by molar-refractivity contribution is 0.503. The molecule has 0 radical (unpaired) electrons. The van der Waals surface area contributed by atoms with Gasteiger partial charge in [-0.1, -0.05) is 27.7 Å². The lowest BCUT2D eigenvalue weighted by Crippen LogP contribution is -1.98. The number of oxazole rings is 1. The van der Waals surface area contributed by atoms with E-state index in [9.17, 15) is 0 Å². The first-order valence-electron chi connectivity index (χ1n) is 5.07. The van der Waals surface area contributed by atoms with Gasteiger partial charge in [0.25, 0.3) is 0 Å². The molecule has 0 aliphatic rings. The zero-order chi connectivity index (χ0) is 10.3. The van der Waals surface area contributed by atoms with Crippen molar-refractivity contribution >= 4 is 5.84 Å². The molecule has 0 aromatic carbocycles. The van der Waals surface area contributed by atoms with Crippen LogP contribution in [0.5, 0.6) is 0 Å². The molecule has 0 saturated carbocycles. The Labute approximate surface area is 83.8 Å². The molecule has 0 saturated heterocycles. The maximum absolute atomic E-state index is 5.71. The van der Waals surface area contributed by atoms with Crippen LogP contribution in [-0.2, 0) is 0 Å². The largest absolute Gasteiger partial charge is 0.428 e. The minimum Gasteiger partial charge on any atom is -0.428 e. The summed E-state index contributed by atoms with van der Waals surface area (Å²) in [5.74, 6) is 2.64. The van der Waals surface area contributed by atoms with Crippen molar-refractivity contribution in [1.29, 1.82) is 0 Å². The standard InChI is InChI=1S/C11H16N2O/c1-7(2)9-10(8(3)4)14-11-12-5-6-13(9)11/h5-8H,1-4H3. The Balaban J connectivity index is 2.69. The van der Waals surface area contributed by atoms with Gasteiger partial charge in [-0.25, -0.2) is 4.98 Å². The fraction of sp³-hybridized carbons (Fsp3) is 0.545. The predicted molar refractivity (Wildman–Crippen MR) is 55.6 cm³/mol. The van der Waals surface area contributed by atoms with E-state index in [-0.39, 0.29) is 0 Å². The van der Waals surface area contributed by atoms with Crippen molar-refractivity contribution in [3.63, 3.8) is 0 Å². The minimum absolute atomic E-state index is 0.411. The molecule has 2 aromatic rings. The summed E-state index contributed by atoms with van der Waals surface area (Å²) in [5.41, 5.74) is 1.24. The molecule has 14 heavy (non-hydrogen) atoms. The van der Waals surface area contributed by atoms with Gasteiger partial charge in [-0.3, -0.25) is 4.40 Å². The summed E-state index contributed by atoms with van der Waals surface area (Å²) in [7, 11) is 0. The van der Waals surface area contributed by atoms with Crippen molar-refractivity contribution in [2.45, 2.75) is 39.5 Å². The summed E-state index contributed by atoms with van der Waals surface area (Å²) in [4.78, 5) is 4.16. The highest BCUT2D eigenvalue weighted by atomic mass is 16.4. The molecule has 2 aromatic heterocycles. The predicted octanol–water partition coefficient (Wildman–Crippen LogP) is 3.17. The van der Waals surface area contributed by atoms with Crippen LogP contribution in [0.25, 0.3) is 5.84 Å². The first-order valence-corrected chi connectivity index (χ1v) is 5.07. The molecular formula is C11H16N2O. The van der Waals surface area contributed by atoms with Gasteiger partial charge in [-0.05, 0) is 5.92 Å². The number of hydrogen-bond donors (Lipinski definition) is 0. The Morgan fingerprint density at radius 1 is 1.21 bits per heavy atom. The third-order valence-corrected chi connectivity index (χ3v) is 2.39. The minimum atomic E-state index is 0.411. The summed E-state index contributed by atoms with van der Waals surface area (Å²) in [6.07, 6.45) is 3.73. The number of imidazole rings is 1. The van der Waals surface area contributed by atoms with E-state index in [0.717, 1.165) is 5.76 Å². The summed E-state index contributed by atoms with van der Waals surface area (Å²) in [5, 5.41) is 0. The number of fused-ring (bicyclic) bond motifs is 1. The molecule has 2 heterocycles. The second kappa shape index (κ2) is 3.15. The molecule has 0 N–H and O–H groups in total. The van der Waals surface area contributed by atoms with Gasteiger partial charge in [0.1, 0.15) is 5.76 Å². The Bertz CT molecular complexity index is 437. The molecule has 0 atom stereocenters. The normalized spacial score (nSPS) is 12.1. The fourth-order valence-corrected chi connectivity index (χ4v) is 1.79. The quantitative estimate of drug-likeness (QED) is 0.731. The Morgan fingerprint density at radius 2 is 1.93 bits per heavy atom. The first kappa shape index (κ1) is 9.31. The van der Waals surface area contributed by atoms with Gasteiger partial charge < -0.3 is 4.42 Å². The summed E-state index contributed by atoms with van der Waals surface area (Å²) < 4.78 is 7.76. The number of rotatable bonds is 2. The van der Waals surface area contributed by atoms with E-state index in [2.05, 4.69) is 32.7 Å². The van der Waals surface area contributed by atoms with E-state index < -0.39 is 0 Å². The van der Waals surface area contributed by atoms with E-state index in [0.29, 0.717) is 17.7 Å². The zero-order valence-electron chi connectivity index (χ0n) is 9.11. The van der Waals surface area contributed by atoms with Crippen LogP contribution in [0.3, 0.4) is 0 Å². The highest BCUT2D eigenvalue weighted by Crippen LogP contribution is 2.28. The van der Waals surface area contributed by atoms with Crippen LogP contribution in [0.1, 0.15) is 51.0 Å². The molecule has 0 spiro atoms. The third-order valence-electron chi connectivity index (χ3n) is 2.39. The lowest BCUT2D eigenvalue weighted by atomic mass is 10.0. The van der Waals surface area contributed by atoms with Crippen LogP contribution in [0.2, 0.25) is 0 Å². The molecule has 3 nitrogen and oxygen atoms in total. The maximum atomic E-state index is 5.71. The van der Waals surface area contributed by atoms with E-state index in [1.165, 1.54) is 5.69 Å². The van der Waals surface area contributed by atoms with Crippen LogP contribution < -0.4 is 0 Å². The van der Waals surface area contributed by atoms with Gasteiger partial charge in [0.15, 0.2) is 0 Å². The van der Waals surface area contributed by atoms with Crippen molar-refractivity contribution in [2.75, 3.05) is 0 Å². The summed E-state index contributed by atoms with van der Waals surface area (Å²) in [6, 6.07) is 0. The highest BCUT2D eigenvalue weighted by Gasteiger charge is 2.19. The van der Waals surface area contributed by atoms with Gasteiger partial charge >= 0.3 is 5.84 Å². The van der Waals surface area contributed by atoms with Crippen LogP contribution in [-0.4, -0.2) is 9.38 Å². The van der Waals surface area contributed by atoms with Gasteiger partial charge in [-0.15, -0.1) is 0 Å². The Morgan fingerprint density at radius 3 is 2.50 bits per heavy atom.